The molecule has 0 saturated carbocycles. The molecule has 3 N–H and O–H groups in total. The lowest BCUT2D eigenvalue weighted by Crippen LogP contribution is -2.37. The fourth-order valence-corrected chi connectivity index (χ4v) is 2.16. The summed E-state index contributed by atoms with van der Waals surface area (Å²) in [5, 5.41) is 4.58. The van der Waals surface area contributed by atoms with Crippen LogP contribution in [0, 0.1) is 5.92 Å². The third-order valence-corrected chi connectivity index (χ3v) is 3.36. The Balaban J connectivity index is 2.65. The minimum absolute atomic E-state index is 0.346. The quantitative estimate of drug-likeness (QED) is 0.551. The molecule has 0 saturated heterocycles. The topological polar surface area (TPSA) is 55.9 Å². The van der Waals surface area contributed by atoms with Crippen LogP contribution < -0.4 is 11.3 Å². The first-order valence-corrected chi connectivity index (χ1v) is 7.12. The summed E-state index contributed by atoms with van der Waals surface area (Å²) in [6.07, 6.45) is 4.27. The van der Waals surface area contributed by atoms with Crippen LogP contribution in [0.5, 0.6) is 0 Å². The number of hydrazine groups is 1. The van der Waals surface area contributed by atoms with Crippen LogP contribution in [-0.2, 0) is 19.4 Å². The highest BCUT2D eigenvalue weighted by molar-refractivity contribution is 5.11. The number of hydrogen-bond acceptors (Lipinski definition) is 3. The van der Waals surface area contributed by atoms with E-state index in [1.807, 2.05) is 0 Å². The van der Waals surface area contributed by atoms with Crippen LogP contribution in [0.25, 0.3) is 0 Å². The van der Waals surface area contributed by atoms with E-state index in [1.165, 1.54) is 17.8 Å². The largest absolute Gasteiger partial charge is 0.271 e. The van der Waals surface area contributed by atoms with Crippen molar-refractivity contribution in [1.29, 1.82) is 0 Å². The van der Waals surface area contributed by atoms with E-state index in [4.69, 9.17) is 5.84 Å². The Hall–Kier alpha value is -0.870. The van der Waals surface area contributed by atoms with Crippen molar-refractivity contribution in [2.24, 2.45) is 11.8 Å². The van der Waals surface area contributed by atoms with E-state index in [2.05, 4.69) is 49.0 Å². The minimum atomic E-state index is 0.346. The van der Waals surface area contributed by atoms with Gasteiger partial charge >= 0.3 is 0 Å². The van der Waals surface area contributed by atoms with Crippen molar-refractivity contribution < 1.29 is 0 Å². The molecule has 0 aliphatic heterocycles. The van der Waals surface area contributed by atoms with Gasteiger partial charge in [-0.3, -0.25) is 16.0 Å². The van der Waals surface area contributed by atoms with Gasteiger partial charge in [-0.25, -0.2) is 0 Å². The number of nitrogens with one attached hydrogen (secondary N) is 1. The van der Waals surface area contributed by atoms with Crippen molar-refractivity contribution in [1.82, 2.24) is 15.2 Å². The second-order valence-corrected chi connectivity index (χ2v) is 5.34. The van der Waals surface area contributed by atoms with Gasteiger partial charge in [0.1, 0.15) is 0 Å². The molecule has 0 amide bonds. The predicted molar refractivity (Wildman–Crippen MR) is 76.2 cm³/mol. The molecule has 0 fully saturated rings. The highest BCUT2D eigenvalue weighted by Gasteiger charge is 2.13. The van der Waals surface area contributed by atoms with E-state index >= 15 is 0 Å². The van der Waals surface area contributed by atoms with Gasteiger partial charge in [0.15, 0.2) is 0 Å². The molecule has 0 spiro atoms. The molecule has 104 valence electrons. The maximum absolute atomic E-state index is 5.66. The zero-order valence-corrected chi connectivity index (χ0v) is 12.2. The first kappa shape index (κ1) is 15.2. The van der Waals surface area contributed by atoms with Gasteiger partial charge in [-0.1, -0.05) is 20.8 Å². The summed E-state index contributed by atoms with van der Waals surface area (Å²) in [6, 6.07) is 2.56. The lowest BCUT2D eigenvalue weighted by atomic mass is 10.0. The Morgan fingerprint density at radius 3 is 2.56 bits per heavy atom. The van der Waals surface area contributed by atoms with Crippen molar-refractivity contribution in [2.45, 2.75) is 66.0 Å². The molecular formula is C14H28N4. The molecule has 0 aliphatic rings. The summed E-state index contributed by atoms with van der Waals surface area (Å²) >= 11 is 0. The van der Waals surface area contributed by atoms with Crippen LogP contribution in [0.4, 0.5) is 0 Å². The monoisotopic (exact) mass is 252 g/mol. The van der Waals surface area contributed by atoms with Gasteiger partial charge in [0.25, 0.3) is 0 Å². The summed E-state index contributed by atoms with van der Waals surface area (Å²) < 4.78 is 2.10. The van der Waals surface area contributed by atoms with Gasteiger partial charge in [-0.2, -0.15) is 5.10 Å². The molecule has 1 rings (SSSR count). The molecule has 4 heteroatoms. The van der Waals surface area contributed by atoms with Gasteiger partial charge < -0.3 is 0 Å². The molecule has 0 bridgehead atoms. The van der Waals surface area contributed by atoms with Crippen LogP contribution >= 0.6 is 0 Å². The lowest BCUT2D eigenvalue weighted by Gasteiger charge is -2.17. The van der Waals surface area contributed by atoms with Crippen LogP contribution in [0.3, 0.4) is 0 Å². The third kappa shape index (κ3) is 4.42. The van der Waals surface area contributed by atoms with Gasteiger partial charge in [0, 0.05) is 24.7 Å². The Kier molecular flexibility index (Phi) is 6.36. The predicted octanol–water partition coefficient (Wildman–Crippen LogP) is 2.28. The van der Waals surface area contributed by atoms with Crippen molar-refractivity contribution in [3.63, 3.8) is 0 Å². The van der Waals surface area contributed by atoms with E-state index in [9.17, 15) is 0 Å². The number of aromatic nitrogens is 2. The van der Waals surface area contributed by atoms with Gasteiger partial charge in [0.05, 0.1) is 5.69 Å². The van der Waals surface area contributed by atoms with E-state index in [-0.39, 0.29) is 0 Å². The second-order valence-electron chi connectivity index (χ2n) is 5.34. The van der Waals surface area contributed by atoms with E-state index in [0.29, 0.717) is 6.04 Å². The molecule has 0 aromatic carbocycles. The zero-order valence-electron chi connectivity index (χ0n) is 12.2. The Labute approximate surface area is 111 Å². The molecule has 1 unspecified atom stereocenters. The molecule has 0 aliphatic carbocycles. The average molecular weight is 252 g/mol. The molecule has 1 aromatic rings. The fraction of sp³-hybridized carbons (Fsp3) is 0.786. The van der Waals surface area contributed by atoms with E-state index < -0.39 is 0 Å². The number of rotatable bonds is 8. The first-order valence-electron chi connectivity index (χ1n) is 7.12. The van der Waals surface area contributed by atoms with Crippen molar-refractivity contribution in [2.75, 3.05) is 0 Å². The Bertz CT molecular complexity index is 344. The smallest absolute Gasteiger partial charge is 0.0624 e. The molecule has 1 atom stereocenters. The van der Waals surface area contributed by atoms with Crippen LogP contribution in [-0.4, -0.2) is 15.8 Å². The summed E-state index contributed by atoms with van der Waals surface area (Å²) in [5.41, 5.74) is 5.41. The maximum Gasteiger partial charge on any atom is 0.0624 e. The minimum Gasteiger partial charge on any atom is -0.271 e. The summed E-state index contributed by atoms with van der Waals surface area (Å²) in [4.78, 5) is 0. The van der Waals surface area contributed by atoms with E-state index in [1.54, 1.807) is 0 Å². The first-order chi connectivity index (χ1) is 8.60. The number of aryl methyl sites for hydroxylation is 2. The van der Waals surface area contributed by atoms with Crippen molar-refractivity contribution in [3.05, 3.63) is 17.5 Å². The van der Waals surface area contributed by atoms with Gasteiger partial charge in [-0.05, 0) is 38.2 Å². The second kappa shape index (κ2) is 7.54. The normalized spacial score (nSPS) is 13.2. The van der Waals surface area contributed by atoms with Crippen LogP contribution in [0.15, 0.2) is 6.07 Å². The third-order valence-electron chi connectivity index (χ3n) is 3.36. The zero-order chi connectivity index (χ0) is 13.5. The average Bonchev–Trinajstić information content (AvgIpc) is 2.76. The number of hydrogen-bond donors (Lipinski definition) is 2. The number of nitrogens with zero attached hydrogens (tertiary/aromatic N) is 2. The molecule has 4 nitrogen and oxygen atoms in total. The van der Waals surface area contributed by atoms with Gasteiger partial charge in [-0.15, -0.1) is 0 Å². The summed E-state index contributed by atoms with van der Waals surface area (Å²) in [7, 11) is 0. The van der Waals surface area contributed by atoms with Gasteiger partial charge in [0.2, 0.25) is 0 Å². The summed E-state index contributed by atoms with van der Waals surface area (Å²) in [5.74, 6) is 6.38. The Morgan fingerprint density at radius 2 is 2.06 bits per heavy atom. The molecule has 18 heavy (non-hydrogen) atoms. The van der Waals surface area contributed by atoms with Crippen LogP contribution in [0.1, 0.15) is 51.9 Å². The highest BCUT2D eigenvalue weighted by atomic mass is 15.3. The number of nitrogens with two attached hydrogens (primary N) is 1. The molecule has 1 aromatic heterocycles. The van der Waals surface area contributed by atoms with Crippen molar-refractivity contribution >= 4 is 0 Å². The van der Waals surface area contributed by atoms with E-state index in [0.717, 1.165) is 31.7 Å². The maximum atomic E-state index is 5.66. The van der Waals surface area contributed by atoms with Crippen LogP contribution in [0.2, 0.25) is 0 Å². The molecule has 1 heterocycles. The molecular weight excluding hydrogens is 224 g/mol. The molecule has 0 radical (unpaired) electrons. The fourth-order valence-electron chi connectivity index (χ4n) is 2.16. The van der Waals surface area contributed by atoms with Crippen molar-refractivity contribution in [3.8, 4) is 0 Å². The highest BCUT2D eigenvalue weighted by Crippen LogP contribution is 2.13. The Morgan fingerprint density at radius 1 is 1.33 bits per heavy atom. The SMILES string of the molecule is CCc1cc(CC(CCC(C)C)NN)n(CC)n1. The lowest BCUT2D eigenvalue weighted by molar-refractivity contribution is 0.424. The summed E-state index contributed by atoms with van der Waals surface area (Å²) in [6.45, 7) is 9.70. The standard InChI is InChI=1S/C14H28N4/c1-5-12-9-14(18(6-2)17-12)10-13(16-15)8-7-11(3)4/h9,11,13,16H,5-8,10,15H2,1-4H3.